The van der Waals surface area contributed by atoms with E-state index in [1.807, 2.05) is 0 Å². The van der Waals surface area contributed by atoms with Crippen LogP contribution < -0.4 is 11.1 Å². The predicted molar refractivity (Wildman–Crippen MR) is 81.2 cm³/mol. The number of anilines is 3. The van der Waals surface area contributed by atoms with Crippen LogP contribution in [0, 0.1) is 12.7 Å². The normalized spacial score (nSPS) is 10.2. The van der Waals surface area contributed by atoms with Crippen molar-refractivity contribution >= 4 is 23.0 Å². The van der Waals surface area contributed by atoms with Crippen LogP contribution in [0.25, 0.3) is 0 Å². The van der Waals surface area contributed by atoms with E-state index in [4.69, 9.17) is 10.5 Å². The lowest BCUT2D eigenvalue weighted by molar-refractivity contribution is 0.0527. The number of nitrogens with two attached hydrogens (primary N) is 1. The first-order chi connectivity index (χ1) is 10.0. The summed E-state index contributed by atoms with van der Waals surface area (Å²) in [6.07, 6.45) is 0. The summed E-state index contributed by atoms with van der Waals surface area (Å²) in [6.45, 7) is 3.77. The number of nitrogen functional groups attached to an aromatic ring is 1. The summed E-state index contributed by atoms with van der Waals surface area (Å²) in [6, 6.07) is 9.66. The number of nitrogens with one attached hydrogen (secondary N) is 1. The Kier molecular flexibility index (Phi) is 4.42. The van der Waals surface area contributed by atoms with E-state index in [0.29, 0.717) is 11.4 Å². The van der Waals surface area contributed by atoms with Crippen LogP contribution >= 0.6 is 0 Å². The third kappa shape index (κ3) is 3.31. The summed E-state index contributed by atoms with van der Waals surface area (Å²) in [5.74, 6) is -0.909. The first-order valence-electron chi connectivity index (χ1n) is 6.61. The standard InChI is InChI=1S/C16H17FN2O2/c1-3-21-16(20)11-5-4-6-13(18)15(11)19-14-8-7-10(2)9-12(14)17/h4-9,19H,3,18H2,1-2H3. The Morgan fingerprint density at radius 1 is 1.33 bits per heavy atom. The lowest BCUT2D eigenvalue weighted by Gasteiger charge is -2.14. The van der Waals surface area contributed by atoms with Gasteiger partial charge in [0.25, 0.3) is 0 Å². The molecule has 0 atom stereocenters. The van der Waals surface area contributed by atoms with Gasteiger partial charge < -0.3 is 15.8 Å². The molecule has 0 spiro atoms. The highest BCUT2D eigenvalue weighted by Gasteiger charge is 2.16. The average molecular weight is 288 g/mol. The number of para-hydroxylation sites is 1. The molecule has 0 fully saturated rings. The summed E-state index contributed by atoms with van der Waals surface area (Å²) in [5.41, 5.74) is 7.92. The van der Waals surface area contributed by atoms with Crippen LogP contribution in [0.15, 0.2) is 36.4 Å². The minimum atomic E-state index is -0.500. The molecule has 2 rings (SSSR count). The van der Waals surface area contributed by atoms with Crippen molar-refractivity contribution < 1.29 is 13.9 Å². The molecule has 0 aliphatic rings. The molecule has 0 saturated carbocycles. The van der Waals surface area contributed by atoms with Gasteiger partial charge in [0.15, 0.2) is 0 Å². The lowest BCUT2D eigenvalue weighted by atomic mass is 10.1. The van der Waals surface area contributed by atoms with Gasteiger partial charge in [-0.15, -0.1) is 0 Å². The highest BCUT2D eigenvalue weighted by molar-refractivity contribution is 5.99. The number of aryl methyl sites for hydroxylation is 1. The maximum Gasteiger partial charge on any atom is 0.340 e. The van der Waals surface area contributed by atoms with Gasteiger partial charge in [-0.1, -0.05) is 12.1 Å². The van der Waals surface area contributed by atoms with Crippen molar-refractivity contribution in [3.8, 4) is 0 Å². The van der Waals surface area contributed by atoms with Gasteiger partial charge in [-0.05, 0) is 43.7 Å². The monoisotopic (exact) mass is 288 g/mol. The predicted octanol–water partition coefficient (Wildman–Crippen LogP) is 3.64. The quantitative estimate of drug-likeness (QED) is 0.666. The molecule has 0 aliphatic carbocycles. The fourth-order valence-corrected chi connectivity index (χ4v) is 1.94. The molecule has 4 nitrogen and oxygen atoms in total. The Hall–Kier alpha value is -2.56. The molecule has 0 aliphatic heterocycles. The molecule has 0 heterocycles. The van der Waals surface area contributed by atoms with E-state index in [-0.39, 0.29) is 17.9 Å². The SMILES string of the molecule is CCOC(=O)c1cccc(N)c1Nc1ccc(C)cc1F. The fourth-order valence-electron chi connectivity index (χ4n) is 1.94. The van der Waals surface area contributed by atoms with E-state index in [1.54, 1.807) is 44.2 Å². The van der Waals surface area contributed by atoms with Gasteiger partial charge in [0.1, 0.15) is 5.82 Å². The van der Waals surface area contributed by atoms with Crippen LogP contribution in [0.3, 0.4) is 0 Å². The molecular weight excluding hydrogens is 271 g/mol. The Morgan fingerprint density at radius 2 is 2.10 bits per heavy atom. The number of carbonyl (C=O) groups excluding carboxylic acids is 1. The maximum absolute atomic E-state index is 13.9. The number of rotatable bonds is 4. The Labute approximate surface area is 122 Å². The van der Waals surface area contributed by atoms with E-state index in [0.717, 1.165) is 5.56 Å². The molecule has 21 heavy (non-hydrogen) atoms. The molecule has 110 valence electrons. The summed E-state index contributed by atoms with van der Waals surface area (Å²) in [7, 11) is 0. The average Bonchev–Trinajstić information content (AvgIpc) is 2.43. The molecule has 0 saturated heterocycles. The van der Waals surface area contributed by atoms with Crippen LogP contribution in [0.5, 0.6) is 0 Å². The minimum Gasteiger partial charge on any atom is -0.462 e. The largest absolute Gasteiger partial charge is 0.462 e. The second kappa shape index (κ2) is 6.26. The number of ether oxygens (including phenoxy) is 1. The lowest BCUT2D eigenvalue weighted by Crippen LogP contribution is -2.10. The summed E-state index contributed by atoms with van der Waals surface area (Å²) < 4.78 is 18.9. The van der Waals surface area contributed by atoms with E-state index in [1.165, 1.54) is 6.07 Å². The molecule has 0 aromatic heterocycles. The van der Waals surface area contributed by atoms with E-state index >= 15 is 0 Å². The highest BCUT2D eigenvalue weighted by Crippen LogP contribution is 2.29. The summed E-state index contributed by atoms with van der Waals surface area (Å²) >= 11 is 0. The molecule has 0 radical (unpaired) electrons. The van der Waals surface area contributed by atoms with Crippen molar-refractivity contribution in [3.05, 3.63) is 53.3 Å². The van der Waals surface area contributed by atoms with Crippen LogP contribution in [0.1, 0.15) is 22.8 Å². The van der Waals surface area contributed by atoms with E-state index in [9.17, 15) is 9.18 Å². The van der Waals surface area contributed by atoms with E-state index in [2.05, 4.69) is 5.32 Å². The Morgan fingerprint density at radius 3 is 2.76 bits per heavy atom. The number of hydrogen-bond donors (Lipinski definition) is 2. The van der Waals surface area contributed by atoms with Crippen molar-refractivity contribution in [1.82, 2.24) is 0 Å². The molecule has 5 heteroatoms. The Balaban J connectivity index is 2.41. The van der Waals surface area contributed by atoms with E-state index < -0.39 is 11.8 Å². The second-order valence-corrected chi connectivity index (χ2v) is 4.60. The molecule has 2 aromatic rings. The Bertz CT molecular complexity index is 671. The summed E-state index contributed by atoms with van der Waals surface area (Å²) in [5, 5.41) is 2.87. The van der Waals surface area contributed by atoms with Gasteiger partial charge in [-0.25, -0.2) is 9.18 Å². The maximum atomic E-state index is 13.9. The number of esters is 1. The number of hydrogen-bond acceptors (Lipinski definition) is 4. The van der Waals surface area contributed by atoms with Gasteiger partial charge >= 0.3 is 5.97 Å². The zero-order chi connectivity index (χ0) is 15.4. The first-order valence-corrected chi connectivity index (χ1v) is 6.61. The molecule has 0 amide bonds. The van der Waals surface area contributed by atoms with Crippen molar-refractivity contribution in [2.24, 2.45) is 0 Å². The van der Waals surface area contributed by atoms with Crippen molar-refractivity contribution in [2.45, 2.75) is 13.8 Å². The molecule has 2 aromatic carbocycles. The van der Waals surface area contributed by atoms with Crippen molar-refractivity contribution in [1.29, 1.82) is 0 Å². The number of benzene rings is 2. The third-order valence-electron chi connectivity index (χ3n) is 2.98. The molecule has 0 unspecified atom stereocenters. The molecule has 3 N–H and O–H groups in total. The van der Waals surface area contributed by atoms with Crippen LogP contribution in [0.2, 0.25) is 0 Å². The molecular formula is C16H17FN2O2. The van der Waals surface area contributed by atoms with Gasteiger partial charge in [-0.2, -0.15) is 0 Å². The smallest absolute Gasteiger partial charge is 0.340 e. The third-order valence-corrected chi connectivity index (χ3v) is 2.98. The van der Waals surface area contributed by atoms with Gasteiger partial charge in [-0.3, -0.25) is 0 Å². The minimum absolute atomic E-state index is 0.254. The van der Waals surface area contributed by atoms with Crippen LogP contribution in [-0.2, 0) is 4.74 Å². The zero-order valence-corrected chi connectivity index (χ0v) is 11.9. The molecule has 0 bridgehead atoms. The van der Waals surface area contributed by atoms with Crippen LogP contribution in [0.4, 0.5) is 21.5 Å². The van der Waals surface area contributed by atoms with Gasteiger partial charge in [0.2, 0.25) is 0 Å². The van der Waals surface area contributed by atoms with Crippen molar-refractivity contribution in [3.63, 3.8) is 0 Å². The fraction of sp³-hybridized carbons (Fsp3) is 0.188. The van der Waals surface area contributed by atoms with Gasteiger partial charge in [0.05, 0.1) is 29.2 Å². The topological polar surface area (TPSA) is 64.3 Å². The highest BCUT2D eigenvalue weighted by atomic mass is 19.1. The van der Waals surface area contributed by atoms with Crippen molar-refractivity contribution in [2.75, 3.05) is 17.7 Å². The summed E-state index contributed by atoms with van der Waals surface area (Å²) in [4.78, 5) is 11.9. The second-order valence-electron chi connectivity index (χ2n) is 4.60. The first kappa shape index (κ1) is 14.8. The number of halogens is 1. The van der Waals surface area contributed by atoms with Gasteiger partial charge in [0, 0.05) is 0 Å². The zero-order valence-electron chi connectivity index (χ0n) is 11.9. The van der Waals surface area contributed by atoms with Crippen LogP contribution in [-0.4, -0.2) is 12.6 Å². The number of carbonyl (C=O) groups is 1.